The van der Waals surface area contributed by atoms with Crippen LogP contribution in [0.15, 0.2) is 24.3 Å². The van der Waals surface area contributed by atoms with Gasteiger partial charge in [0.15, 0.2) is 0 Å². The number of halogens is 2. The van der Waals surface area contributed by atoms with Gasteiger partial charge < -0.3 is 9.84 Å². The molecule has 0 fully saturated rings. The SMILES string of the molecule is COC(=O)C(F)C(O)c1ccccc1F. The van der Waals surface area contributed by atoms with Gasteiger partial charge in [-0.2, -0.15) is 0 Å². The number of methoxy groups -OCH3 is 1. The molecule has 0 aromatic heterocycles. The Bertz CT molecular complexity index is 354. The molecule has 1 rings (SSSR count). The molecule has 1 aromatic carbocycles. The summed E-state index contributed by atoms with van der Waals surface area (Å²) in [7, 11) is 0.989. The molecule has 2 atom stereocenters. The van der Waals surface area contributed by atoms with E-state index in [1.165, 1.54) is 18.2 Å². The van der Waals surface area contributed by atoms with E-state index in [1.807, 2.05) is 0 Å². The predicted molar refractivity (Wildman–Crippen MR) is 48.3 cm³/mol. The first kappa shape index (κ1) is 11.6. The van der Waals surface area contributed by atoms with Crippen molar-refractivity contribution in [2.24, 2.45) is 0 Å². The number of aliphatic hydroxyl groups is 1. The van der Waals surface area contributed by atoms with Crippen LogP contribution in [0.1, 0.15) is 11.7 Å². The average molecular weight is 216 g/mol. The highest BCUT2D eigenvalue weighted by Gasteiger charge is 2.30. The van der Waals surface area contributed by atoms with Gasteiger partial charge in [0.2, 0.25) is 6.17 Å². The zero-order chi connectivity index (χ0) is 11.4. The third-order valence-corrected chi connectivity index (χ3v) is 1.93. The Morgan fingerprint density at radius 2 is 2.07 bits per heavy atom. The molecule has 0 spiro atoms. The van der Waals surface area contributed by atoms with Crippen molar-refractivity contribution >= 4 is 5.97 Å². The van der Waals surface area contributed by atoms with Crippen molar-refractivity contribution in [2.45, 2.75) is 12.3 Å². The summed E-state index contributed by atoms with van der Waals surface area (Å²) in [6.07, 6.45) is -4.13. The normalized spacial score (nSPS) is 14.4. The first-order valence-electron chi connectivity index (χ1n) is 4.22. The molecule has 0 aliphatic carbocycles. The summed E-state index contributed by atoms with van der Waals surface area (Å²) in [4.78, 5) is 10.8. The molecule has 15 heavy (non-hydrogen) atoms. The Labute approximate surface area is 85.3 Å². The monoisotopic (exact) mass is 216 g/mol. The first-order chi connectivity index (χ1) is 7.07. The van der Waals surface area contributed by atoms with Crippen LogP contribution in [0, 0.1) is 5.82 Å². The minimum atomic E-state index is -2.29. The zero-order valence-corrected chi connectivity index (χ0v) is 7.98. The van der Waals surface area contributed by atoms with Crippen LogP contribution < -0.4 is 0 Å². The van der Waals surface area contributed by atoms with Gasteiger partial charge in [-0.1, -0.05) is 18.2 Å². The molecule has 5 heteroatoms. The van der Waals surface area contributed by atoms with Crippen molar-refractivity contribution in [1.82, 2.24) is 0 Å². The van der Waals surface area contributed by atoms with E-state index in [0.717, 1.165) is 13.2 Å². The van der Waals surface area contributed by atoms with Crippen LogP contribution in [-0.2, 0) is 9.53 Å². The maximum absolute atomic E-state index is 13.2. The standard InChI is InChI=1S/C10H10F2O3/c1-15-10(14)8(12)9(13)6-4-2-3-5-7(6)11/h2-5,8-9,13H,1H3. The topological polar surface area (TPSA) is 46.5 Å². The van der Waals surface area contributed by atoms with E-state index in [0.29, 0.717) is 0 Å². The number of aliphatic hydroxyl groups excluding tert-OH is 1. The van der Waals surface area contributed by atoms with E-state index in [1.54, 1.807) is 0 Å². The summed E-state index contributed by atoms with van der Waals surface area (Å²) in [5.41, 5.74) is -0.268. The van der Waals surface area contributed by atoms with Gasteiger partial charge in [0, 0.05) is 5.56 Å². The van der Waals surface area contributed by atoms with Crippen LogP contribution in [0.2, 0.25) is 0 Å². The molecule has 0 heterocycles. The Morgan fingerprint density at radius 3 is 2.60 bits per heavy atom. The number of ether oxygens (including phenoxy) is 1. The van der Waals surface area contributed by atoms with E-state index in [4.69, 9.17) is 0 Å². The summed E-state index contributed by atoms with van der Waals surface area (Å²) >= 11 is 0. The predicted octanol–water partition coefficient (Wildman–Crippen LogP) is 1.37. The van der Waals surface area contributed by atoms with Gasteiger partial charge in [-0.3, -0.25) is 0 Å². The highest BCUT2D eigenvalue weighted by molar-refractivity contribution is 5.75. The molecule has 2 unspecified atom stereocenters. The smallest absolute Gasteiger partial charge is 0.343 e. The molecule has 0 aliphatic rings. The van der Waals surface area contributed by atoms with E-state index < -0.39 is 24.1 Å². The molecular formula is C10H10F2O3. The maximum Gasteiger partial charge on any atom is 0.343 e. The number of hydrogen-bond donors (Lipinski definition) is 1. The van der Waals surface area contributed by atoms with Crippen LogP contribution in [0.4, 0.5) is 8.78 Å². The van der Waals surface area contributed by atoms with Crippen LogP contribution in [-0.4, -0.2) is 24.4 Å². The van der Waals surface area contributed by atoms with Crippen molar-refractivity contribution in [1.29, 1.82) is 0 Å². The van der Waals surface area contributed by atoms with Crippen molar-refractivity contribution in [3.63, 3.8) is 0 Å². The average Bonchev–Trinajstić information content (AvgIpc) is 2.26. The number of carbonyl (C=O) groups is 1. The second-order valence-electron chi connectivity index (χ2n) is 2.89. The molecule has 0 aliphatic heterocycles. The number of alkyl halides is 1. The summed E-state index contributed by atoms with van der Waals surface area (Å²) < 4.78 is 30.4. The van der Waals surface area contributed by atoms with Crippen LogP contribution in [0.3, 0.4) is 0 Å². The summed E-state index contributed by atoms with van der Waals surface area (Å²) in [5, 5.41) is 9.36. The lowest BCUT2D eigenvalue weighted by atomic mass is 10.0. The zero-order valence-electron chi connectivity index (χ0n) is 7.98. The summed E-state index contributed by atoms with van der Waals surface area (Å²) in [6.45, 7) is 0. The fourth-order valence-electron chi connectivity index (χ4n) is 1.11. The first-order valence-corrected chi connectivity index (χ1v) is 4.22. The lowest BCUT2D eigenvalue weighted by molar-refractivity contribution is -0.151. The molecule has 1 N–H and O–H groups in total. The highest BCUT2D eigenvalue weighted by atomic mass is 19.1. The van der Waals surface area contributed by atoms with Gasteiger partial charge in [0.05, 0.1) is 7.11 Å². The molecule has 0 amide bonds. The van der Waals surface area contributed by atoms with Crippen LogP contribution in [0.5, 0.6) is 0 Å². The number of esters is 1. The van der Waals surface area contributed by atoms with Crippen LogP contribution >= 0.6 is 0 Å². The van der Waals surface area contributed by atoms with Crippen molar-refractivity contribution in [2.75, 3.05) is 7.11 Å². The van der Waals surface area contributed by atoms with Crippen molar-refractivity contribution < 1.29 is 23.4 Å². The second kappa shape index (κ2) is 4.84. The lowest BCUT2D eigenvalue weighted by Crippen LogP contribution is -2.25. The van der Waals surface area contributed by atoms with E-state index in [9.17, 15) is 18.7 Å². The summed E-state index contributed by atoms with van der Waals surface area (Å²) in [6, 6.07) is 5.11. The van der Waals surface area contributed by atoms with Crippen molar-refractivity contribution in [3.8, 4) is 0 Å². The fraction of sp³-hybridized carbons (Fsp3) is 0.300. The van der Waals surface area contributed by atoms with Gasteiger partial charge >= 0.3 is 5.97 Å². The van der Waals surface area contributed by atoms with Gasteiger partial charge in [-0.05, 0) is 6.07 Å². The van der Waals surface area contributed by atoms with E-state index in [-0.39, 0.29) is 5.56 Å². The number of carbonyl (C=O) groups excluding carboxylic acids is 1. The Kier molecular flexibility index (Phi) is 3.74. The highest BCUT2D eigenvalue weighted by Crippen LogP contribution is 2.22. The van der Waals surface area contributed by atoms with Gasteiger partial charge in [0.25, 0.3) is 0 Å². The molecule has 0 radical (unpaired) electrons. The third kappa shape index (κ3) is 2.50. The van der Waals surface area contributed by atoms with Gasteiger partial charge in [-0.15, -0.1) is 0 Å². The third-order valence-electron chi connectivity index (χ3n) is 1.93. The van der Waals surface area contributed by atoms with E-state index in [2.05, 4.69) is 4.74 Å². The Morgan fingerprint density at radius 1 is 1.47 bits per heavy atom. The molecular weight excluding hydrogens is 206 g/mol. The quantitative estimate of drug-likeness (QED) is 0.776. The maximum atomic E-state index is 13.2. The molecule has 0 bridgehead atoms. The molecule has 0 saturated carbocycles. The number of benzene rings is 1. The molecule has 3 nitrogen and oxygen atoms in total. The number of rotatable bonds is 3. The second-order valence-corrected chi connectivity index (χ2v) is 2.89. The minimum Gasteiger partial charge on any atom is -0.467 e. The Hall–Kier alpha value is -1.49. The summed E-state index contributed by atoms with van der Waals surface area (Å²) in [5.74, 6) is -2.00. The molecule has 1 aromatic rings. The van der Waals surface area contributed by atoms with Gasteiger partial charge in [-0.25, -0.2) is 13.6 Å². The molecule has 0 saturated heterocycles. The molecule has 82 valence electrons. The number of hydrogen-bond acceptors (Lipinski definition) is 3. The Balaban J connectivity index is 2.89. The van der Waals surface area contributed by atoms with Crippen LogP contribution in [0.25, 0.3) is 0 Å². The fourth-order valence-corrected chi connectivity index (χ4v) is 1.11. The van der Waals surface area contributed by atoms with Gasteiger partial charge in [0.1, 0.15) is 11.9 Å². The van der Waals surface area contributed by atoms with Crippen molar-refractivity contribution in [3.05, 3.63) is 35.6 Å². The van der Waals surface area contributed by atoms with E-state index >= 15 is 0 Å². The largest absolute Gasteiger partial charge is 0.467 e. The lowest BCUT2D eigenvalue weighted by Gasteiger charge is -2.14. The minimum absolute atomic E-state index is 0.268.